The molecule has 0 radical (unpaired) electrons. The Bertz CT molecular complexity index is 1570. The maximum Gasteiger partial charge on any atom is 0.251 e. The molecule has 0 bridgehead atoms. The molecular weight excluding hydrogens is 466 g/mol. The Morgan fingerprint density at radius 2 is 1.51 bits per heavy atom. The quantitative estimate of drug-likeness (QED) is 0.140. The first-order chi connectivity index (χ1) is 16.7. The van der Waals surface area contributed by atoms with Gasteiger partial charge in [-0.25, -0.2) is 13.6 Å². The van der Waals surface area contributed by atoms with Crippen molar-refractivity contribution in [2.75, 3.05) is 5.73 Å². The van der Waals surface area contributed by atoms with Crippen LogP contribution in [0.3, 0.4) is 0 Å². The van der Waals surface area contributed by atoms with Crippen LogP contribution in [0.2, 0.25) is 0 Å². The molecular formula is C25H21N5O4S. The van der Waals surface area contributed by atoms with Crippen molar-refractivity contribution < 1.29 is 18.4 Å². The lowest BCUT2D eigenvalue weighted by molar-refractivity contribution is 0.100. The van der Waals surface area contributed by atoms with Crippen LogP contribution in [0.1, 0.15) is 15.9 Å². The zero-order chi connectivity index (χ0) is 25.2. The first-order valence-electron chi connectivity index (χ1n) is 10.3. The standard InChI is InChI=1S/C25H21N5O4S/c26-21-6-3-5-19(20(21)14-30-32)24-23(25(27)31)18(12-13-29-24)16-10-8-15(9-11-16)17-4-1-2-7-22(17)35(28,33)34/h1-14,32H,26H2,(H2,27,31)(H2,28,33,34). The van der Waals surface area contributed by atoms with Crippen molar-refractivity contribution in [2.45, 2.75) is 4.90 Å². The molecule has 0 aliphatic heterocycles. The molecule has 0 aliphatic carbocycles. The molecule has 176 valence electrons. The van der Waals surface area contributed by atoms with Crippen molar-refractivity contribution in [2.24, 2.45) is 16.0 Å². The molecule has 4 rings (SSSR count). The normalized spacial score (nSPS) is 11.6. The number of sulfonamides is 1. The minimum Gasteiger partial charge on any atom is -0.411 e. The molecule has 3 aromatic carbocycles. The van der Waals surface area contributed by atoms with Crippen molar-refractivity contribution in [1.82, 2.24) is 4.98 Å². The van der Waals surface area contributed by atoms with Crippen molar-refractivity contribution in [3.8, 4) is 33.5 Å². The van der Waals surface area contributed by atoms with E-state index >= 15 is 0 Å². The lowest BCUT2D eigenvalue weighted by Gasteiger charge is -2.15. The minimum absolute atomic E-state index is 0.0107. The van der Waals surface area contributed by atoms with E-state index in [0.717, 1.165) is 0 Å². The maximum atomic E-state index is 12.6. The molecule has 0 aliphatic rings. The maximum absolute atomic E-state index is 12.6. The number of hydrogen-bond donors (Lipinski definition) is 4. The predicted octanol–water partition coefficient (Wildman–Crippen LogP) is 3.22. The number of carbonyl (C=O) groups excluding carboxylic acids is 1. The number of nitrogens with zero attached hydrogens (tertiary/aromatic N) is 2. The molecule has 0 saturated carbocycles. The predicted molar refractivity (Wildman–Crippen MR) is 134 cm³/mol. The van der Waals surface area contributed by atoms with E-state index < -0.39 is 15.9 Å². The lowest BCUT2D eigenvalue weighted by Crippen LogP contribution is -2.15. The molecule has 1 heterocycles. The Morgan fingerprint density at radius 1 is 0.886 bits per heavy atom. The number of anilines is 1. The summed E-state index contributed by atoms with van der Waals surface area (Å²) in [6.45, 7) is 0. The highest BCUT2D eigenvalue weighted by atomic mass is 32.2. The van der Waals surface area contributed by atoms with Gasteiger partial charge in [0.25, 0.3) is 5.91 Å². The van der Waals surface area contributed by atoms with Crippen LogP contribution in [0.15, 0.2) is 89.0 Å². The van der Waals surface area contributed by atoms with Gasteiger partial charge in [0.1, 0.15) is 0 Å². The number of carbonyl (C=O) groups is 1. The highest BCUT2D eigenvalue weighted by molar-refractivity contribution is 7.89. The first kappa shape index (κ1) is 23.6. The summed E-state index contributed by atoms with van der Waals surface area (Å²) in [6.07, 6.45) is 2.70. The van der Waals surface area contributed by atoms with Crippen LogP contribution in [-0.2, 0) is 10.0 Å². The van der Waals surface area contributed by atoms with Crippen molar-refractivity contribution >= 4 is 27.8 Å². The second-order valence-corrected chi connectivity index (χ2v) is 9.15. The molecule has 0 spiro atoms. The Morgan fingerprint density at radius 3 is 2.14 bits per heavy atom. The van der Waals surface area contributed by atoms with Crippen LogP contribution < -0.4 is 16.6 Å². The smallest absolute Gasteiger partial charge is 0.251 e. The number of pyridine rings is 1. The third-order valence-electron chi connectivity index (χ3n) is 5.48. The average Bonchev–Trinajstić information content (AvgIpc) is 2.84. The van der Waals surface area contributed by atoms with Gasteiger partial charge in [-0.2, -0.15) is 0 Å². The number of primary sulfonamides is 1. The molecule has 0 unspecified atom stereocenters. The van der Waals surface area contributed by atoms with E-state index in [0.29, 0.717) is 39.1 Å². The highest BCUT2D eigenvalue weighted by Crippen LogP contribution is 2.35. The fourth-order valence-electron chi connectivity index (χ4n) is 3.93. The van der Waals surface area contributed by atoms with Gasteiger partial charge in [0.05, 0.1) is 22.4 Å². The molecule has 10 heteroatoms. The van der Waals surface area contributed by atoms with E-state index in [-0.39, 0.29) is 16.2 Å². The Balaban J connectivity index is 1.87. The van der Waals surface area contributed by atoms with Gasteiger partial charge >= 0.3 is 0 Å². The van der Waals surface area contributed by atoms with Crippen LogP contribution in [0, 0.1) is 0 Å². The van der Waals surface area contributed by atoms with E-state index in [1.807, 2.05) is 0 Å². The van der Waals surface area contributed by atoms with Crippen LogP contribution in [0.25, 0.3) is 33.5 Å². The summed E-state index contributed by atoms with van der Waals surface area (Å²) >= 11 is 0. The fraction of sp³-hybridized carbons (Fsp3) is 0. The number of amides is 1. The van der Waals surface area contributed by atoms with Gasteiger partial charge in [-0.05, 0) is 34.9 Å². The number of nitrogen functional groups attached to an aromatic ring is 1. The molecule has 0 atom stereocenters. The SMILES string of the molecule is NC(=O)c1c(-c2ccc(-c3ccccc3S(N)(=O)=O)cc2)ccnc1-c1cccc(N)c1C=NO. The summed E-state index contributed by atoms with van der Waals surface area (Å²) < 4.78 is 24.0. The molecule has 4 aromatic rings. The van der Waals surface area contributed by atoms with Gasteiger partial charge < -0.3 is 16.7 Å². The number of nitrogens with two attached hydrogens (primary N) is 3. The second-order valence-electron chi connectivity index (χ2n) is 7.62. The Hall–Kier alpha value is -4.54. The van der Waals surface area contributed by atoms with E-state index in [2.05, 4.69) is 10.1 Å². The molecule has 1 aromatic heterocycles. The van der Waals surface area contributed by atoms with Crippen molar-refractivity contribution in [3.63, 3.8) is 0 Å². The van der Waals surface area contributed by atoms with Gasteiger partial charge in [-0.1, -0.05) is 59.8 Å². The highest BCUT2D eigenvalue weighted by Gasteiger charge is 2.21. The topological polar surface area (TPSA) is 175 Å². The molecule has 35 heavy (non-hydrogen) atoms. The summed E-state index contributed by atoms with van der Waals surface area (Å²) in [5.74, 6) is -0.707. The number of oxime groups is 1. The lowest BCUT2D eigenvalue weighted by atomic mass is 9.92. The van der Waals surface area contributed by atoms with Gasteiger partial charge in [0.15, 0.2) is 0 Å². The molecule has 9 nitrogen and oxygen atoms in total. The van der Waals surface area contributed by atoms with Crippen LogP contribution in [-0.4, -0.2) is 30.7 Å². The first-order valence-corrected chi connectivity index (χ1v) is 11.8. The molecule has 0 saturated heterocycles. The van der Waals surface area contributed by atoms with Gasteiger partial charge in [0, 0.05) is 28.6 Å². The largest absolute Gasteiger partial charge is 0.411 e. The van der Waals surface area contributed by atoms with Gasteiger partial charge in [0.2, 0.25) is 10.0 Å². The number of rotatable bonds is 6. The zero-order valence-electron chi connectivity index (χ0n) is 18.3. The number of hydrogen-bond acceptors (Lipinski definition) is 7. The number of aromatic nitrogens is 1. The van der Waals surface area contributed by atoms with E-state index in [9.17, 15) is 13.2 Å². The molecule has 1 amide bonds. The van der Waals surface area contributed by atoms with Crippen molar-refractivity contribution in [1.29, 1.82) is 0 Å². The second kappa shape index (κ2) is 9.37. The van der Waals surface area contributed by atoms with Gasteiger partial charge in [-0.15, -0.1) is 0 Å². The summed E-state index contributed by atoms with van der Waals surface area (Å²) in [5, 5.41) is 17.5. The monoisotopic (exact) mass is 487 g/mol. The summed E-state index contributed by atoms with van der Waals surface area (Å²) in [6, 6.07) is 20.1. The van der Waals surface area contributed by atoms with E-state index in [4.69, 9.17) is 21.8 Å². The molecule has 7 N–H and O–H groups in total. The molecule has 0 fully saturated rings. The minimum atomic E-state index is -3.92. The Kier molecular flexibility index (Phi) is 6.32. The fourth-order valence-corrected chi connectivity index (χ4v) is 4.69. The van der Waals surface area contributed by atoms with Crippen molar-refractivity contribution in [3.05, 3.63) is 90.1 Å². The number of benzene rings is 3. The summed E-state index contributed by atoms with van der Waals surface area (Å²) in [7, 11) is -3.92. The average molecular weight is 488 g/mol. The van der Waals surface area contributed by atoms with Crippen LogP contribution in [0.4, 0.5) is 5.69 Å². The Labute approximate surface area is 201 Å². The van der Waals surface area contributed by atoms with Crippen LogP contribution >= 0.6 is 0 Å². The third-order valence-corrected chi connectivity index (χ3v) is 6.45. The van der Waals surface area contributed by atoms with E-state index in [1.54, 1.807) is 66.7 Å². The third kappa shape index (κ3) is 4.60. The zero-order valence-corrected chi connectivity index (χ0v) is 19.1. The summed E-state index contributed by atoms with van der Waals surface area (Å²) in [5.41, 5.74) is 15.7. The van der Waals surface area contributed by atoms with Crippen LogP contribution in [0.5, 0.6) is 0 Å². The van der Waals surface area contributed by atoms with Gasteiger partial charge in [-0.3, -0.25) is 9.78 Å². The van der Waals surface area contributed by atoms with E-state index in [1.165, 1.54) is 18.5 Å². The number of primary amides is 1. The summed E-state index contributed by atoms with van der Waals surface area (Å²) in [4.78, 5) is 16.9.